The lowest BCUT2D eigenvalue weighted by Gasteiger charge is -2.05. The number of carbonyl (C=O) groups is 1. The van der Waals surface area contributed by atoms with Crippen LogP contribution in [0.5, 0.6) is 0 Å². The Bertz CT molecular complexity index is 422. The van der Waals surface area contributed by atoms with E-state index in [1.54, 1.807) is 13.8 Å². The Kier molecular flexibility index (Phi) is 2.56. The van der Waals surface area contributed by atoms with E-state index in [0.717, 1.165) is 0 Å². The van der Waals surface area contributed by atoms with Crippen LogP contribution in [0.4, 0.5) is 0 Å². The van der Waals surface area contributed by atoms with Crippen LogP contribution in [0.25, 0.3) is 0 Å². The van der Waals surface area contributed by atoms with Crippen LogP contribution in [0, 0.1) is 13.8 Å². The van der Waals surface area contributed by atoms with Crippen LogP contribution in [-0.2, 0) is 0 Å². The van der Waals surface area contributed by atoms with Crippen molar-refractivity contribution in [3.63, 3.8) is 0 Å². The van der Waals surface area contributed by atoms with Gasteiger partial charge in [0.1, 0.15) is 0 Å². The van der Waals surface area contributed by atoms with Crippen molar-refractivity contribution in [1.82, 2.24) is 4.98 Å². The molecule has 0 atom stereocenters. The summed E-state index contributed by atoms with van der Waals surface area (Å²) in [4.78, 5) is 24.3. The summed E-state index contributed by atoms with van der Waals surface area (Å²) in [6.07, 6.45) is 0. The molecule has 0 fully saturated rings. The monoisotopic (exact) mass is 245 g/mol. The summed E-state index contributed by atoms with van der Waals surface area (Å²) in [5.74, 6) is -1.04. The van der Waals surface area contributed by atoms with Crippen LogP contribution < -0.4 is 5.56 Å². The first-order chi connectivity index (χ1) is 5.95. The van der Waals surface area contributed by atoms with Gasteiger partial charge in [-0.15, -0.1) is 0 Å². The van der Waals surface area contributed by atoms with E-state index >= 15 is 0 Å². The molecule has 0 amide bonds. The second-order valence-corrected chi connectivity index (χ2v) is 3.49. The number of carboxylic acids is 1. The van der Waals surface area contributed by atoms with Crippen molar-refractivity contribution in [3.05, 3.63) is 31.6 Å². The predicted molar refractivity (Wildman–Crippen MR) is 51.2 cm³/mol. The molecule has 1 rings (SSSR count). The highest BCUT2D eigenvalue weighted by Gasteiger charge is 2.15. The third-order valence-corrected chi connectivity index (χ3v) is 2.75. The molecule has 2 N–H and O–H groups in total. The lowest BCUT2D eigenvalue weighted by atomic mass is 10.1. The molecule has 5 heteroatoms. The standard InChI is InChI=1S/C8H8BrNO3/c1-3-5(8(12)13)4(2)10-7(11)6(3)9/h1-2H3,(H,10,11)(H,12,13). The fourth-order valence-electron chi connectivity index (χ4n) is 1.17. The summed E-state index contributed by atoms with van der Waals surface area (Å²) >= 11 is 3.03. The summed E-state index contributed by atoms with van der Waals surface area (Å²) in [6, 6.07) is 0. The van der Waals surface area contributed by atoms with Crippen LogP contribution in [0.1, 0.15) is 21.6 Å². The molecule has 0 aliphatic heterocycles. The van der Waals surface area contributed by atoms with Crippen LogP contribution in [0.2, 0.25) is 0 Å². The zero-order valence-electron chi connectivity index (χ0n) is 7.14. The Morgan fingerprint density at radius 2 is 2.00 bits per heavy atom. The molecule has 70 valence electrons. The van der Waals surface area contributed by atoms with Crippen molar-refractivity contribution >= 4 is 21.9 Å². The van der Waals surface area contributed by atoms with E-state index < -0.39 is 5.97 Å². The maximum Gasteiger partial charge on any atom is 0.337 e. The van der Waals surface area contributed by atoms with Gasteiger partial charge in [0, 0.05) is 5.69 Å². The molecular weight excluding hydrogens is 238 g/mol. The molecule has 0 unspecified atom stereocenters. The third kappa shape index (κ3) is 1.65. The van der Waals surface area contributed by atoms with Crippen LogP contribution in [0.3, 0.4) is 0 Å². The maximum absolute atomic E-state index is 11.1. The predicted octanol–water partition coefficient (Wildman–Crippen LogP) is 1.45. The van der Waals surface area contributed by atoms with Crippen molar-refractivity contribution in [2.24, 2.45) is 0 Å². The molecule has 0 radical (unpaired) electrons. The van der Waals surface area contributed by atoms with Gasteiger partial charge in [-0.3, -0.25) is 4.79 Å². The zero-order chi connectivity index (χ0) is 10.2. The summed E-state index contributed by atoms with van der Waals surface area (Å²) in [5.41, 5.74) is 0.665. The Morgan fingerprint density at radius 3 is 2.46 bits per heavy atom. The number of nitrogens with one attached hydrogen (secondary N) is 1. The number of hydrogen-bond acceptors (Lipinski definition) is 2. The van der Waals surface area contributed by atoms with Gasteiger partial charge in [-0.1, -0.05) is 0 Å². The molecule has 0 aliphatic carbocycles. The second-order valence-electron chi connectivity index (χ2n) is 2.70. The van der Waals surface area contributed by atoms with E-state index in [-0.39, 0.29) is 15.6 Å². The highest BCUT2D eigenvalue weighted by Crippen LogP contribution is 2.17. The summed E-state index contributed by atoms with van der Waals surface area (Å²) in [6.45, 7) is 3.15. The van der Waals surface area contributed by atoms with Gasteiger partial charge in [0.25, 0.3) is 5.56 Å². The SMILES string of the molecule is Cc1[nH]c(=O)c(Br)c(C)c1C(=O)O. The van der Waals surface area contributed by atoms with E-state index in [4.69, 9.17) is 5.11 Å². The quantitative estimate of drug-likeness (QED) is 0.787. The number of carboxylic acid groups (broad SMARTS) is 1. The molecule has 0 aromatic carbocycles. The number of aromatic carboxylic acids is 1. The van der Waals surface area contributed by atoms with Gasteiger partial charge >= 0.3 is 5.97 Å². The molecule has 0 saturated heterocycles. The minimum atomic E-state index is -1.04. The smallest absolute Gasteiger partial charge is 0.337 e. The first kappa shape index (κ1) is 9.98. The number of rotatable bonds is 1. The summed E-state index contributed by atoms with van der Waals surface area (Å²) in [7, 11) is 0. The van der Waals surface area contributed by atoms with Crippen molar-refractivity contribution in [1.29, 1.82) is 0 Å². The van der Waals surface area contributed by atoms with Crippen LogP contribution >= 0.6 is 15.9 Å². The Labute approximate surface area is 82.7 Å². The molecule has 4 nitrogen and oxygen atoms in total. The molecule has 0 aliphatic rings. The number of pyridine rings is 1. The highest BCUT2D eigenvalue weighted by atomic mass is 79.9. The molecule has 13 heavy (non-hydrogen) atoms. The van der Waals surface area contributed by atoms with Crippen molar-refractivity contribution in [2.45, 2.75) is 13.8 Å². The Hall–Kier alpha value is -1.10. The average molecular weight is 246 g/mol. The lowest BCUT2D eigenvalue weighted by Crippen LogP contribution is -2.16. The van der Waals surface area contributed by atoms with E-state index in [1.807, 2.05) is 0 Å². The van der Waals surface area contributed by atoms with Gasteiger partial charge in [0.2, 0.25) is 0 Å². The van der Waals surface area contributed by atoms with Crippen LogP contribution in [0.15, 0.2) is 9.27 Å². The van der Waals surface area contributed by atoms with Crippen molar-refractivity contribution in [2.75, 3.05) is 0 Å². The van der Waals surface area contributed by atoms with Crippen LogP contribution in [-0.4, -0.2) is 16.1 Å². The minimum absolute atomic E-state index is 0.145. The van der Waals surface area contributed by atoms with E-state index in [1.165, 1.54) is 0 Å². The first-order valence-electron chi connectivity index (χ1n) is 3.57. The topological polar surface area (TPSA) is 70.2 Å². The van der Waals surface area contributed by atoms with Crippen molar-refractivity contribution in [3.8, 4) is 0 Å². The fourth-order valence-corrected chi connectivity index (χ4v) is 1.47. The zero-order valence-corrected chi connectivity index (χ0v) is 8.73. The third-order valence-electron chi connectivity index (χ3n) is 1.79. The molecule has 0 bridgehead atoms. The number of halogens is 1. The second kappa shape index (κ2) is 3.33. The molecule has 0 saturated carbocycles. The molecular formula is C8H8BrNO3. The lowest BCUT2D eigenvalue weighted by molar-refractivity contribution is 0.0694. The number of aromatic nitrogens is 1. The molecule has 0 spiro atoms. The van der Waals surface area contributed by atoms with E-state index in [0.29, 0.717) is 11.3 Å². The normalized spacial score (nSPS) is 10.1. The molecule has 1 aromatic rings. The van der Waals surface area contributed by atoms with Gasteiger partial charge in [-0.25, -0.2) is 4.79 Å². The molecule has 1 heterocycles. The highest BCUT2D eigenvalue weighted by molar-refractivity contribution is 9.10. The van der Waals surface area contributed by atoms with Gasteiger partial charge in [0.15, 0.2) is 0 Å². The summed E-state index contributed by atoms with van der Waals surface area (Å²) < 4.78 is 0.274. The number of aromatic amines is 1. The van der Waals surface area contributed by atoms with Gasteiger partial charge < -0.3 is 10.1 Å². The maximum atomic E-state index is 11.1. The van der Waals surface area contributed by atoms with Gasteiger partial charge in [-0.2, -0.15) is 0 Å². The van der Waals surface area contributed by atoms with E-state index in [9.17, 15) is 9.59 Å². The number of hydrogen-bond donors (Lipinski definition) is 2. The molecule has 1 aromatic heterocycles. The largest absolute Gasteiger partial charge is 0.478 e. The average Bonchev–Trinajstić information content (AvgIpc) is 1.99. The fraction of sp³-hybridized carbons (Fsp3) is 0.250. The summed E-state index contributed by atoms with van der Waals surface area (Å²) in [5, 5.41) is 8.82. The Morgan fingerprint density at radius 1 is 1.46 bits per heavy atom. The van der Waals surface area contributed by atoms with Gasteiger partial charge in [0.05, 0.1) is 10.0 Å². The van der Waals surface area contributed by atoms with E-state index in [2.05, 4.69) is 20.9 Å². The Balaban J connectivity index is 3.63. The van der Waals surface area contributed by atoms with Crippen molar-refractivity contribution < 1.29 is 9.90 Å². The number of H-pyrrole nitrogens is 1. The number of aryl methyl sites for hydroxylation is 1. The van der Waals surface area contributed by atoms with Gasteiger partial charge in [-0.05, 0) is 35.3 Å². The minimum Gasteiger partial charge on any atom is -0.478 e. The first-order valence-corrected chi connectivity index (χ1v) is 4.36.